The Bertz CT molecular complexity index is 627. The molecule has 1 saturated heterocycles. The zero-order chi connectivity index (χ0) is 14.0. The molecule has 0 spiro atoms. The van der Waals surface area contributed by atoms with Crippen LogP contribution in [0.4, 0.5) is 0 Å². The molecule has 20 heavy (non-hydrogen) atoms. The monoisotopic (exact) mass is 317 g/mol. The second-order valence-electron chi connectivity index (χ2n) is 4.39. The first-order valence-electron chi connectivity index (χ1n) is 5.83. The Morgan fingerprint density at radius 2 is 2.20 bits per heavy atom. The Hall–Kier alpha value is -1.33. The molecule has 0 bridgehead atoms. The summed E-state index contributed by atoms with van der Waals surface area (Å²) in [6, 6.07) is 6.11. The highest BCUT2D eigenvalue weighted by molar-refractivity contribution is 7.89. The first-order valence-corrected chi connectivity index (χ1v) is 7.27. The maximum absolute atomic E-state index is 12.5. The maximum Gasteiger partial charge on any atom is 0.246 e. The predicted octanol–water partition coefficient (Wildman–Crippen LogP) is 0.710. The molecule has 110 valence electrons. The Morgan fingerprint density at radius 3 is 2.70 bits per heavy atom. The van der Waals surface area contributed by atoms with Gasteiger partial charge in [0.05, 0.1) is 18.7 Å². The summed E-state index contributed by atoms with van der Waals surface area (Å²) in [5, 5.41) is 8.82. The topological polar surface area (TPSA) is 96.4 Å². The van der Waals surface area contributed by atoms with Crippen LogP contribution in [0, 0.1) is 11.3 Å². The third-order valence-electron chi connectivity index (χ3n) is 3.10. The Labute approximate surface area is 124 Å². The molecule has 0 radical (unpaired) electrons. The molecule has 1 aromatic rings. The zero-order valence-corrected chi connectivity index (χ0v) is 12.6. The minimum atomic E-state index is -3.62. The van der Waals surface area contributed by atoms with Gasteiger partial charge in [0.1, 0.15) is 10.6 Å². The van der Waals surface area contributed by atoms with Crippen LogP contribution in [0.3, 0.4) is 0 Å². The number of methoxy groups -OCH3 is 1. The number of ether oxygens (including phenoxy) is 1. The molecular formula is C12H16ClN3O3S. The summed E-state index contributed by atoms with van der Waals surface area (Å²) in [6.07, 6.45) is 0.651. The number of hydrogen-bond acceptors (Lipinski definition) is 5. The van der Waals surface area contributed by atoms with Crippen LogP contribution in [0.15, 0.2) is 23.1 Å². The van der Waals surface area contributed by atoms with Gasteiger partial charge in [0, 0.05) is 19.1 Å². The van der Waals surface area contributed by atoms with E-state index < -0.39 is 10.0 Å². The second kappa shape index (κ2) is 6.41. The average molecular weight is 318 g/mol. The standard InChI is InChI=1S/C12H15N3O3S.ClH/c1-18-11-6-9(7-13)2-3-12(11)19(16,17)15-5-4-10(14)8-15;/h2-3,6,10H,4-5,8,14H2,1H3;1H/t10-;/m0./s1. The van der Waals surface area contributed by atoms with E-state index >= 15 is 0 Å². The molecule has 6 nitrogen and oxygen atoms in total. The normalized spacial score (nSPS) is 19.1. The molecule has 8 heteroatoms. The number of nitrogens with zero attached hydrogens (tertiary/aromatic N) is 2. The van der Waals surface area contributed by atoms with Crippen molar-refractivity contribution in [2.24, 2.45) is 5.73 Å². The van der Waals surface area contributed by atoms with Crippen molar-refractivity contribution in [1.29, 1.82) is 5.26 Å². The van der Waals surface area contributed by atoms with E-state index in [0.29, 0.717) is 25.1 Å². The third kappa shape index (κ3) is 3.04. The van der Waals surface area contributed by atoms with Crippen LogP contribution in [0.25, 0.3) is 0 Å². The van der Waals surface area contributed by atoms with Gasteiger partial charge < -0.3 is 10.5 Å². The molecular weight excluding hydrogens is 302 g/mol. The fraction of sp³-hybridized carbons (Fsp3) is 0.417. The van der Waals surface area contributed by atoms with Gasteiger partial charge in [0.2, 0.25) is 10.0 Å². The van der Waals surface area contributed by atoms with Gasteiger partial charge in [0.25, 0.3) is 0 Å². The molecule has 1 aromatic carbocycles. The highest BCUT2D eigenvalue weighted by atomic mass is 35.5. The maximum atomic E-state index is 12.5. The lowest BCUT2D eigenvalue weighted by Gasteiger charge is -2.17. The van der Waals surface area contributed by atoms with E-state index in [1.54, 1.807) is 0 Å². The van der Waals surface area contributed by atoms with Crippen molar-refractivity contribution in [3.8, 4) is 11.8 Å². The van der Waals surface area contributed by atoms with Gasteiger partial charge in [-0.25, -0.2) is 8.42 Å². The molecule has 0 aliphatic carbocycles. The largest absolute Gasteiger partial charge is 0.495 e. The number of nitrogens with two attached hydrogens (primary N) is 1. The summed E-state index contributed by atoms with van der Waals surface area (Å²) in [4.78, 5) is 0.0723. The van der Waals surface area contributed by atoms with Crippen molar-refractivity contribution in [1.82, 2.24) is 4.31 Å². The smallest absolute Gasteiger partial charge is 0.246 e. The van der Waals surface area contributed by atoms with Crippen LogP contribution in [0.2, 0.25) is 0 Å². The summed E-state index contributed by atoms with van der Waals surface area (Å²) in [6.45, 7) is 0.720. The van der Waals surface area contributed by atoms with Gasteiger partial charge in [-0.15, -0.1) is 12.4 Å². The molecule has 1 aliphatic heterocycles. The van der Waals surface area contributed by atoms with Crippen LogP contribution in [0.5, 0.6) is 5.75 Å². The lowest BCUT2D eigenvalue weighted by Crippen LogP contribution is -2.32. The van der Waals surface area contributed by atoms with Crippen molar-refractivity contribution in [2.45, 2.75) is 17.4 Å². The SMILES string of the molecule is COc1cc(C#N)ccc1S(=O)(=O)N1CC[C@H](N)C1.Cl. The van der Waals surface area contributed by atoms with Crippen LogP contribution >= 0.6 is 12.4 Å². The fourth-order valence-corrected chi connectivity index (χ4v) is 3.71. The summed E-state index contributed by atoms with van der Waals surface area (Å²) < 4.78 is 31.4. The summed E-state index contributed by atoms with van der Waals surface area (Å²) in [7, 11) is -2.24. The van der Waals surface area contributed by atoms with Crippen molar-refractivity contribution in [3.63, 3.8) is 0 Å². The van der Waals surface area contributed by atoms with Crippen LogP contribution < -0.4 is 10.5 Å². The summed E-state index contributed by atoms with van der Waals surface area (Å²) in [5.41, 5.74) is 6.09. The van der Waals surface area contributed by atoms with Crippen molar-refractivity contribution >= 4 is 22.4 Å². The number of hydrogen-bond donors (Lipinski definition) is 1. The minimum Gasteiger partial charge on any atom is -0.495 e. The van der Waals surface area contributed by atoms with Crippen molar-refractivity contribution in [3.05, 3.63) is 23.8 Å². The highest BCUT2D eigenvalue weighted by Gasteiger charge is 2.32. The third-order valence-corrected chi connectivity index (χ3v) is 5.00. The molecule has 0 unspecified atom stereocenters. The summed E-state index contributed by atoms with van der Waals surface area (Å²) in [5.74, 6) is 0.180. The lowest BCUT2D eigenvalue weighted by molar-refractivity contribution is 0.398. The van der Waals surface area contributed by atoms with Crippen LogP contribution in [-0.4, -0.2) is 39.0 Å². The van der Waals surface area contributed by atoms with Gasteiger partial charge in [0.15, 0.2) is 0 Å². The Balaban J connectivity index is 0.00000200. The molecule has 1 aliphatic rings. The van der Waals surface area contributed by atoms with Gasteiger partial charge >= 0.3 is 0 Å². The number of sulfonamides is 1. The van der Waals surface area contributed by atoms with Gasteiger partial charge in [-0.3, -0.25) is 0 Å². The quantitative estimate of drug-likeness (QED) is 0.885. The second-order valence-corrected chi connectivity index (χ2v) is 6.30. The molecule has 0 aromatic heterocycles. The fourth-order valence-electron chi connectivity index (χ4n) is 2.06. The summed E-state index contributed by atoms with van der Waals surface area (Å²) >= 11 is 0. The molecule has 1 heterocycles. The van der Waals surface area contributed by atoms with E-state index in [0.717, 1.165) is 0 Å². The highest BCUT2D eigenvalue weighted by Crippen LogP contribution is 2.29. The van der Waals surface area contributed by atoms with E-state index in [-0.39, 0.29) is 29.1 Å². The van der Waals surface area contributed by atoms with Gasteiger partial charge in [-0.2, -0.15) is 9.57 Å². The van der Waals surface area contributed by atoms with Gasteiger partial charge in [-0.05, 0) is 24.6 Å². The van der Waals surface area contributed by atoms with Crippen molar-refractivity contribution in [2.75, 3.05) is 20.2 Å². The van der Waals surface area contributed by atoms with E-state index in [1.165, 1.54) is 29.6 Å². The molecule has 2 N–H and O–H groups in total. The zero-order valence-electron chi connectivity index (χ0n) is 10.9. The van der Waals surface area contributed by atoms with Crippen LogP contribution in [0.1, 0.15) is 12.0 Å². The number of nitriles is 1. The first kappa shape index (κ1) is 16.7. The molecule has 0 saturated carbocycles. The lowest BCUT2D eigenvalue weighted by atomic mass is 10.2. The molecule has 0 amide bonds. The molecule has 2 rings (SSSR count). The molecule has 1 atom stereocenters. The average Bonchev–Trinajstić information content (AvgIpc) is 2.85. The van der Waals surface area contributed by atoms with Crippen LogP contribution in [-0.2, 0) is 10.0 Å². The van der Waals surface area contributed by atoms with Crippen molar-refractivity contribution < 1.29 is 13.2 Å². The number of rotatable bonds is 3. The first-order chi connectivity index (χ1) is 8.98. The Kier molecular flexibility index (Phi) is 5.36. The van der Waals surface area contributed by atoms with E-state index in [1.807, 2.05) is 6.07 Å². The number of halogens is 1. The van der Waals surface area contributed by atoms with E-state index in [2.05, 4.69) is 0 Å². The van der Waals surface area contributed by atoms with Gasteiger partial charge in [-0.1, -0.05) is 0 Å². The minimum absolute atomic E-state index is 0. The number of benzene rings is 1. The predicted molar refractivity (Wildman–Crippen MR) is 76.3 cm³/mol. The molecule has 1 fully saturated rings. The van der Waals surface area contributed by atoms with E-state index in [9.17, 15) is 8.42 Å². The Morgan fingerprint density at radius 1 is 1.50 bits per heavy atom. The van der Waals surface area contributed by atoms with E-state index in [4.69, 9.17) is 15.7 Å².